The minimum absolute atomic E-state index is 0.171. The van der Waals surface area contributed by atoms with Crippen molar-refractivity contribution in [2.45, 2.75) is 6.92 Å². The van der Waals surface area contributed by atoms with Crippen LogP contribution in [0.3, 0.4) is 0 Å². The lowest BCUT2D eigenvalue weighted by atomic mass is 10.2. The lowest BCUT2D eigenvalue weighted by Crippen LogP contribution is -2.07. The number of halogens is 2. The minimum Gasteiger partial charge on any atom is -0.322 e. The molecule has 0 aromatic heterocycles. The van der Waals surface area contributed by atoms with Crippen LogP contribution < -0.4 is 5.32 Å². The first-order valence-corrected chi connectivity index (χ1v) is 7.22. The van der Waals surface area contributed by atoms with Crippen LogP contribution in [0.25, 0.3) is 6.08 Å². The van der Waals surface area contributed by atoms with E-state index in [2.05, 4.69) is 21.2 Å². The van der Waals surface area contributed by atoms with E-state index in [1.54, 1.807) is 18.2 Å². The third-order valence-corrected chi connectivity index (χ3v) is 3.84. The van der Waals surface area contributed by atoms with Gasteiger partial charge >= 0.3 is 0 Å². The van der Waals surface area contributed by atoms with Crippen molar-refractivity contribution in [2.75, 3.05) is 5.32 Å². The van der Waals surface area contributed by atoms with Crippen LogP contribution >= 0.6 is 27.5 Å². The number of hydrogen-bond donors (Lipinski definition) is 1. The van der Waals surface area contributed by atoms with Crippen LogP contribution in [-0.2, 0) is 4.79 Å². The number of rotatable bonds is 3. The molecular weight excluding hydrogens is 338 g/mol. The summed E-state index contributed by atoms with van der Waals surface area (Å²) < 4.78 is 0.969. The summed E-state index contributed by atoms with van der Waals surface area (Å²) in [5.41, 5.74) is 2.81. The first-order chi connectivity index (χ1) is 9.54. The van der Waals surface area contributed by atoms with E-state index >= 15 is 0 Å². The second-order valence-corrected chi connectivity index (χ2v) is 5.63. The fourth-order valence-electron chi connectivity index (χ4n) is 1.60. The van der Waals surface area contributed by atoms with Crippen molar-refractivity contribution in [3.63, 3.8) is 0 Å². The molecule has 2 nitrogen and oxygen atoms in total. The number of hydrogen-bond acceptors (Lipinski definition) is 1. The Balaban J connectivity index is 2.01. The minimum atomic E-state index is -0.171. The molecule has 0 saturated heterocycles. The van der Waals surface area contributed by atoms with Gasteiger partial charge in [0.05, 0.1) is 0 Å². The Labute approximate surface area is 131 Å². The molecule has 2 aromatic carbocycles. The summed E-state index contributed by atoms with van der Waals surface area (Å²) >= 11 is 9.24. The molecule has 0 radical (unpaired) electrons. The number of carbonyl (C=O) groups excluding carboxylic acids is 1. The lowest BCUT2D eigenvalue weighted by Gasteiger charge is -2.04. The van der Waals surface area contributed by atoms with Crippen LogP contribution in [0.2, 0.25) is 5.02 Å². The Morgan fingerprint density at radius 2 is 1.90 bits per heavy atom. The van der Waals surface area contributed by atoms with E-state index < -0.39 is 0 Å². The van der Waals surface area contributed by atoms with Gasteiger partial charge in [0.1, 0.15) is 0 Å². The van der Waals surface area contributed by atoms with Crippen LogP contribution in [0.1, 0.15) is 11.1 Å². The van der Waals surface area contributed by atoms with Crippen molar-refractivity contribution < 1.29 is 4.79 Å². The molecule has 2 aromatic rings. The van der Waals surface area contributed by atoms with E-state index in [4.69, 9.17) is 11.6 Å². The zero-order valence-corrected chi connectivity index (χ0v) is 13.2. The fraction of sp³-hybridized carbons (Fsp3) is 0.0625. The van der Waals surface area contributed by atoms with E-state index in [0.29, 0.717) is 5.02 Å². The summed E-state index contributed by atoms with van der Waals surface area (Å²) in [5, 5.41) is 3.49. The van der Waals surface area contributed by atoms with Crippen molar-refractivity contribution in [1.29, 1.82) is 0 Å². The zero-order chi connectivity index (χ0) is 14.5. The Bertz CT molecular complexity index is 650. The quantitative estimate of drug-likeness (QED) is 0.770. The van der Waals surface area contributed by atoms with Crippen molar-refractivity contribution in [1.82, 2.24) is 0 Å². The molecule has 4 heteroatoms. The van der Waals surface area contributed by atoms with Crippen LogP contribution in [-0.4, -0.2) is 5.91 Å². The van der Waals surface area contributed by atoms with E-state index in [9.17, 15) is 4.79 Å². The van der Waals surface area contributed by atoms with E-state index in [-0.39, 0.29) is 5.91 Å². The Kier molecular flexibility index (Phi) is 4.99. The first kappa shape index (κ1) is 14.8. The lowest BCUT2D eigenvalue weighted by molar-refractivity contribution is -0.111. The average Bonchev–Trinajstić information content (AvgIpc) is 2.42. The van der Waals surface area contributed by atoms with Gasteiger partial charge in [-0.15, -0.1) is 0 Å². The number of amides is 1. The van der Waals surface area contributed by atoms with Crippen molar-refractivity contribution in [3.8, 4) is 0 Å². The molecule has 0 aliphatic rings. The van der Waals surface area contributed by atoms with E-state index in [1.807, 2.05) is 37.3 Å². The molecule has 0 aliphatic carbocycles. The van der Waals surface area contributed by atoms with Gasteiger partial charge in [-0.25, -0.2) is 0 Å². The predicted molar refractivity (Wildman–Crippen MR) is 88.0 cm³/mol. The average molecular weight is 351 g/mol. The zero-order valence-electron chi connectivity index (χ0n) is 10.9. The van der Waals surface area contributed by atoms with E-state index in [1.165, 1.54) is 6.08 Å². The molecule has 0 heterocycles. The van der Waals surface area contributed by atoms with Crippen molar-refractivity contribution >= 4 is 45.2 Å². The monoisotopic (exact) mass is 349 g/mol. The second-order valence-electron chi connectivity index (χ2n) is 4.34. The SMILES string of the molecule is Cc1ccc(NC(=O)/C=C/c2ccc(Cl)cc2)cc1Br. The molecule has 0 saturated carbocycles. The highest BCUT2D eigenvalue weighted by Crippen LogP contribution is 2.20. The largest absolute Gasteiger partial charge is 0.322 e. The molecule has 0 fully saturated rings. The highest BCUT2D eigenvalue weighted by molar-refractivity contribution is 9.10. The highest BCUT2D eigenvalue weighted by atomic mass is 79.9. The van der Waals surface area contributed by atoms with Gasteiger partial charge in [-0.05, 0) is 48.4 Å². The van der Waals surface area contributed by atoms with Gasteiger partial charge < -0.3 is 5.32 Å². The smallest absolute Gasteiger partial charge is 0.248 e. The number of nitrogens with one attached hydrogen (secondary N) is 1. The normalized spacial score (nSPS) is 10.8. The molecule has 102 valence electrons. The Morgan fingerprint density at radius 3 is 2.55 bits per heavy atom. The topological polar surface area (TPSA) is 29.1 Å². The first-order valence-electron chi connectivity index (χ1n) is 6.05. The van der Waals surface area contributed by atoms with E-state index in [0.717, 1.165) is 21.3 Å². The molecule has 0 aliphatic heterocycles. The maximum atomic E-state index is 11.8. The predicted octanol–water partition coefficient (Wildman–Crippen LogP) is 5.06. The standard InChI is InChI=1S/C16H13BrClNO/c1-11-2-8-14(10-15(11)17)19-16(20)9-5-12-3-6-13(18)7-4-12/h2-10H,1H3,(H,19,20)/b9-5+. The summed E-state index contributed by atoms with van der Waals surface area (Å²) in [7, 11) is 0. The molecular formula is C16H13BrClNO. The molecule has 2 rings (SSSR count). The number of carbonyl (C=O) groups is 1. The van der Waals surface area contributed by atoms with Gasteiger partial charge in [0.25, 0.3) is 0 Å². The third-order valence-electron chi connectivity index (χ3n) is 2.74. The third kappa shape index (κ3) is 4.22. The van der Waals surface area contributed by atoms with Gasteiger partial charge in [0.15, 0.2) is 0 Å². The molecule has 1 amide bonds. The van der Waals surface area contributed by atoms with Crippen molar-refractivity contribution in [3.05, 3.63) is 69.2 Å². The van der Waals surface area contributed by atoms with Gasteiger partial charge in [0, 0.05) is 21.3 Å². The van der Waals surface area contributed by atoms with Crippen molar-refractivity contribution in [2.24, 2.45) is 0 Å². The summed E-state index contributed by atoms with van der Waals surface area (Å²) in [4.78, 5) is 11.8. The van der Waals surface area contributed by atoms with Gasteiger partial charge in [-0.2, -0.15) is 0 Å². The molecule has 1 N–H and O–H groups in total. The van der Waals surface area contributed by atoms with Gasteiger partial charge in [0.2, 0.25) is 5.91 Å². The molecule has 0 unspecified atom stereocenters. The fourth-order valence-corrected chi connectivity index (χ4v) is 2.11. The summed E-state index contributed by atoms with van der Waals surface area (Å²) in [5.74, 6) is -0.171. The molecule has 0 atom stereocenters. The summed E-state index contributed by atoms with van der Waals surface area (Å²) in [6.45, 7) is 2.00. The second kappa shape index (κ2) is 6.73. The highest BCUT2D eigenvalue weighted by Gasteiger charge is 2.00. The van der Waals surface area contributed by atoms with Crippen LogP contribution in [0.5, 0.6) is 0 Å². The molecule has 0 spiro atoms. The van der Waals surface area contributed by atoms with Gasteiger partial charge in [-0.3, -0.25) is 4.79 Å². The van der Waals surface area contributed by atoms with Crippen LogP contribution in [0.4, 0.5) is 5.69 Å². The summed E-state index contributed by atoms with van der Waals surface area (Å²) in [6, 6.07) is 13.0. The number of anilines is 1. The molecule has 20 heavy (non-hydrogen) atoms. The maximum absolute atomic E-state index is 11.8. The number of benzene rings is 2. The molecule has 0 bridgehead atoms. The van der Waals surface area contributed by atoms with Crippen LogP contribution in [0.15, 0.2) is 53.0 Å². The Morgan fingerprint density at radius 1 is 1.20 bits per heavy atom. The maximum Gasteiger partial charge on any atom is 0.248 e. The van der Waals surface area contributed by atoms with Crippen LogP contribution in [0, 0.1) is 6.92 Å². The Hall–Kier alpha value is -1.58. The number of aryl methyl sites for hydroxylation is 1. The summed E-state index contributed by atoms with van der Waals surface area (Å²) in [6.07, 6.45) is 3.24. The van der Waals surface area contributed by atoms with Gasteiger partial charge in [-0.1, -0.05) is 45.7 Å².